The van der Waals surface area contributed by atoms with Crippen LogP contribution in [-0.4, -0.2) is 32.6 Å². The van der Waals surface area contributed by atoms with Gasteiger partial charge in [-0.1, -0.05) is 12.1 Å². The van der Waals surface area contributed by atoms with Crippen LogP contribution in [0.25, 0.3) is 0 Å². The van der Waals surface area contributed by atoms with Gasteiger partial charge in [-0.3, -0.25) is 0 Å². The first-order chi connectivity index (χ1) is 8.95. The third kappa shape index (κ3) is 5.61. The van der Waals surface area contributed by atoms with Crippen molar-refractivity contribution in [1.82, 2.24) is 5.32 Å². The maximum atomic E-state index is 11.6. The van der Waals surface area contributed by atoms with Crippen molar-refractivity contribution in [2.45, 2.75) is 32.6 Å². The average Bonchev–Trinajstić information content (AvgIpc) is 2.35. The lowest BCUT2D eigenvalue weighted by Crippen LogP contribution is -2.27. The minimum absolute atomic E-state index is 0.176. The molecule has 0 saturated heterocycles. The van der Waals surface area contributed by atoms with Gasteiger partial charge in [-0.25, -0.2) is 8.42 Å². The van der Waals surface area contributed by atoms with Crippen molar-refractivity contribution in [1.29, 1.82) is 0 Å². The van der Waals surface area contributed by atoms with Crippen LogP contribution in [0, 0.1) is 0 Å². The monoisotopic (exact) mass is 285 g/mol. The third-order valence-electron chi connectivity index (χ3n) is 2.82. The highest BCUT2D eigenvalue weighted by atomic mass is 32.2. The number of rotatable bonds is 8. The van der Waals surface area contributed by atoms with E-state index >= 15 is 0 Å². The molecule has 0 aliphatic carbocycles. The smallest absolute Gasteiger partial charge is 0.153 e. The summed E-state index contributed by atoms with van der Waals surface area (Å²) in [6.07, 6.45) is 0. The summed E-state index contributed by atoms with van der Waals surface area (Å²) in [4.78, 5) is 0. The molecule has 1 N–H and O–H groups in total. The van der Waals surface area contributed by atoms with Crippen molar-refractivity contribution in [3.63, 3.8) is 0 Å². The summed E-state index contributed by atoms with van der Waals surface area (Å²) < 4.78 is 28.7. The van der Waals surface area contributed by atoms with E-state index in [1.165, 1.54) is 0 Å². The highest BCUT2D eigenvalue weighted by Crippen LogP contribution is 2.12. The summed E-state index contributed by atoms with van der Waals surface area (Å²) in [6.45, 7) is 7.13. The Labute approximate surface area is 116 Å². The normalized spacial score (nSPS) is 11.8. The first-order valence-electron chi connectivity index (χ1n) is 6.59. The zero-order chi connectivity index (χ0) is 14.3. The topological polar surface area (TPSA) is 55.4 Å². The van der Waals surface area contributed by atoms with Crippen molar-refractivity contribution in [3.05, 3.63) is 29.8 Å². The average molecular weight is 285 g/mol. The number of hydrogen-bond donors (Lipinski definition) is 1. The van der Waals surface area contributed by atoms with E-state index in [1.54, 1.807) is 13.8 Å². The molecule has 0 heterocycles. The largest absolute Gasteiger partial charge is 0.494 e. The number of benzene rings is 1. The van der Waals surface area contributed by atoms with Gasteiger partial charge in [0, 0.05) is 13.1 Å². The highest BCUT2D eigenvalue weighted by molar-refractivity contribution is 7.92. The van der Waals surface area contributed by atoms with E-state index in [2.05, 4.69) is 5.32 Å². The molecule has 5 heteroatoms. The van der Waals surface area contributed by atoms with Crippen LogP contribution in [0.15, 0.2) is 24.3 Å². The molecule has 0 spiro atoms. The lowest BCUT2D eigenvalue weighted by Gasteiger charge is -2.09. The van der Waals surface area contributed by atoms with E-state index in [0.29, 0.717) is 19.7 Å². The molecule has 4 nitrogen and oxygen atoms in total. The molecule has 1 rings (SSSR count). The predicted molar refractivity (Wildman–Crippen MR) is 78.2 cm³/mol. The molecular formula is C14H23NO3S. The Kier molecular flexibility index (Phi) is 6.31. The number of nitrogens with one attached hydrogen (secondary N) is 1. The summed E-state index contributed by atoms with van der Waals surface area (Å²) >= 11 is 0. The van der Waals surface area contributed by atoms with E-state index in [1.807, 2.05) is 31.2 Å². The van der Waals surface area contributed by atoms with E-state index in [0.717, 1.165) is 11.3 Å². The van der Waals surface area contributed by atoms with E-state index in [4.69, 9.17) is 4.74 Å². The highest BCUT2D eigenvalue weighted by Gasteiger charge is 2.14. The molecule has 0 saturated carbocycles. The van der Waals surface area contributed by atoms with Crippen molar-refractivity contribution in [2.24, 2.45) is 0 Å². The van der Waals surface area contributed by atoms with Crippen molar-refractivity contribution in [3.8, 4) is 5.75 Å². The molecule has 108 valence electrons. The minimum Gasteiger partial charge on any atom is -0.494 e. The lowest BCUT2D eigenvalue weighted by molar-refractivity contribution is 0.340. The Morgan fingerprint density at radius 3 is 2.68 bits per heavy atom. The molecule has 0 aliphatic rings. The maximum absolute atomic E-state index is 11.6. The molecule has 0 fully saturated rings. The zero-order valence-corrected chi connectivity index (χ0v) is 12.7. The Morgan fingerprint density at radius 2 is 2.05 bits per heavy atom. The quantitative estimate of drug-likeness (QED) is 0.742. The molecule has 0 radical (unpaired) electrons. The van der Waals surface area contributed by atoms with Crippen LogP contribution in [-0.2, 0) is 16.4 Å². The molecule has 1 aromatic rings. The Bertz CT molecular complexity index is 483. The number of sulfone groups is 1. The molecule has 0 amide bonds. The van der Waals surface area contributed by atoms with Gasteiger partial charge in [0.1, 0.15) is 5.75 Å². The molecule has 0 atom stereocenters. The standard InChI is InChI=1S/C14H23NO3S/c1-4-18-14-7-5-6-13(10-14)11-15-8-9-19(16,17)12(2)3/h5-7,10,12,15H,4,8-9,11H2,1-3H3. The van der Waals surface area contributed by atoms with Crippen LogP contribution in [0.2, 0.25) is 0 Å². The van der Waals surface area contributed by atoms with Crippen LogP contribution in [0.1, 0.15) is 26.3 Å². The van der Waals surface area contributed by atoms with Crippen LogP contribution in [0.4, 0.5) is 0 Å². The van der Waals surface area contributed by atoms with E-state index < -0.39 is 9.84 Å². The molecule has 0 aromatic heterocycles. The Balaban J connectivity index is 2.39. The van der Waals surface area contributed by atoms with Crippen LogP contribution in [0.3, 0.4) is 0 Å². The molecule has 1 aromatic carbocycles. The SMILES string of the molecule is CCOc1cccc(CNCCS(=O)(=O)C(C)C)c1. The van der Waals surface area contributed by atoms with E-state index in [-0.39, 0.29) is 11.0 Å². The fourth-order valence-corrected chi connectivity index (χ4v) is 2.50. The van der Waals surface area contributed by atoms with Crippen LogP contribution in [0.5, 0.6) is 5.75 Å². The van der Waals surface area contributed by atoms with Crippen molar-refractivity contribution < 1.29 is 13.2 Å². The second-order valence-corrected chi connectivity index (χ2v) is 7.35. The van der Waals surface area contributed by atoms with Gasteiger partial charge in [0.15, 0.2) is 9.84 Å². The summed E-state index contributed by atoms with van der Waals surface area (Å²) in [5.41, 5.74) is 1.09. The molecular weight excluding hydrogens is 262 g/mol. The first kappa shape index (κ1) is 16.0. The summed E-state index contributed by atoms with van der Waals surface area (Å²) in [5.74, 6) is 1.02. The van der Waals surface area contributed by atoms with Gasteiger partial charge in [-0.2, -0.15) is 0 Å². The number of hydrogen-bond acceptors (Lipinski definition) is 4. The van der Waals surface area contributed by atoms with E-state index in [9.17, 15) is 8.42 Å². The zero-order valence-electron chi connectivity index (χ0n) is 11.8. The van der Waals surface area contributed by atoms with Gasteiger partial charge in [0.2, 0.25) is 0 Å². The number of ether oxygens (including phenoxy) is 1. The second-order valence-electron chi connectivity index (χ2n) is 4.67. The van der Waals surface area contributed by atoms with Gasteiger partial charge < -0.3 is 10.1 Å². The molecule has 19 heavy (non-hydrogen) atoms. The van der Waals surface area contributed by atoms with Gasteiger partial charge in [-0.05, 0) is 38.5 Å². The maximum Gasteiger partial charge on any atom is 0.153 e. The summed E-state index contributed by atoms with van der Waals surface area (Å²) in [7, 11) is -2.96. The molecule has 0 bridgehead atoms. The Morgan fingerprint density at radius 1 is 1.32 bits per heavy atom. The molecule has 0 unspecified atom stereocenters. The molecule has 0 aliphatic heterocycles. The lowest BCUT2D eigenvalue weighted by atomic mass is 10.2. The van der Waals surface area contributed by atoms with Gasteiger partial charge >= 0.3 is 0 Å². The summed E-state index contributed by atoms with van der Waals surface area (Å²) in [6, 6.07) is 7.81. The fraction of sp³-hybridized carbons (Fsp3) is 0.571. The fourth-order valence-electron chi connectivity index (χ4n) is 1.59. The van der Waals surface area contributed by atoms with Crippen LogP contribution >= 0.6 is 0 Å². The van der Waals surface area contributed by atoms with Crippen LogP contribution < -0.4 is 10.1 Å². The van der Waals surface area contributed by atoms with Crippen molar-refractivity contribution in [2.75, 3.05) is 18.9 Å². The first-order valence-corrected chi connectivity index (χ1v) is 8.31. The van der Waals surface area contributed by atoms with Crippen molar-refractivity contribution >= 4 is 9.84 Å². The summed E-state index contributed by atoms with van der Waals surface area (Å²) in [5, 5.41) is 2.84. The third-order valence-corrected chi connectivity index (χ3v) is 5.03. The minimum atomic E-state index is -2.96. The van der Waals surface area contributed by atoms with Gasteiger partial charge in [-0.15, -0.1) is 0 Å². The Hall–Kier alpha value is -1.07. The predicted octanol–water partition coefficient (Wildman–Crippen LogP) is 2.00. The van der Waals surface area contributed by atoms with Gasteiger partial charge in [0.05, 0.1) is 17.6 Å². The van der Waals surface area contributed by atoms with Gasteiger partial charge in [0.25, 0.3) is 0 Å². The second kappa shape index (κ2) is 7.50.